The van der Waals surface area contributed by atoms with E-state index in [9.17, 15) is 4.79 Å². The summed E-state index contributed by atoms with van der Waals surface area (Å²) >= 11 is 0. The molecule has 0 amide bonds. The van der Waals surface area contributed by atoms with Gasteiger partial charge in [0, 0.05) is 5.57 Å². The Balaban J connectivity index is 3.55. The summed E-state index contributed by atoms with van der Waals surface area (Å²) in [6.45, 7) is 10.2. The van der Waals surface area contributed by atoms with Crippen LogP contribution in [0.2, 0.25) is 0 Å². The Labute approximate surface area is 100 Å². The molecule has 2 heteroatoms. The lowest BCUT2D eigenvalue weighted by atomic mass is 9.94. The van der Waals surface area contributed by atoms with Gasteiger partial charge in [-0.15, -0.1) is 0 Å². The number of hydrogen-bond acceptors (Lipinski definition) is 2. The van der Waals surface area contributed by atoms with E-state index in [2.05, 4.69) is 20.4 Å². The highest BCUT2D eigenvalue weighted by Crippen LogP contribution is 2.18. The minimum Gasteiger partial charge on any atom is -0.462 e. The molecule has 0 saturated carbocycles. The average Bonchev–Trinajstić information content (AvgIpc) is 2.27. The van der Waals surface area contributed by atoms with Gasteiger partial charge in [0.05, 0.1) is 6.61 Å². The quantitative estimate of drug-likeness (QED) is 0.336. The van der Waals surface area contributed by atoms with Gasteiger partial charge in [-0.05, 0) is 25.7 Å². The molecule has 1 atom stereocenters. The van der Waals surface area contributed by atoms with Crippen LogP contribution in [0.4, 0.5) is 0 Å². The van der Waals surface area contributed by atoms with Gasteiger partial charge in [0.25, 0.3) is 0 Å². The van der Waals surface area contributed by atoms with Crippen LogP contribution in [-0.2, 0) is 9.53 Å². The van der Waals surface area contributed by atoms with Crippen LogP contribution in [0, 0.1) is 5.92 Å². The van der Waals surface area contributed by atoms with E-state index in [1.165, 1.54) is 32.1 Å². The summed E-state index contributed by atoms with van der Waals surface area (Å²) in [5.74, 6) is 0.532. The highest BCUT2D eigenvalue weighted by atomic mass is 16.5. The summed E-state index contributed by atoms with van der Waals surface area (Å²) in [7, 11) is 0. The third-order valence-electron chi connectivity index (χ3n) is 2.88. The monoisotopic (exact) mass is 226 g/mol. The zero-order valence-corrected chi connectivity index (χ0v) is 11.1. The lowest BCUT2D eigenvalue weighted by molar-refractivity contribution is -0.139. The Morgan fingerprint density at radius 3 is 2.38 bits per heavy atom. The summed E-state index contributed by atoms with van der Waals surface area (Å²) < 4.78 is 5.06. The van der Waals surface area contributed by atoms with E-state index in [1.54, 1.807) is 6.92 Å². The second-order valence-corrected chi connectivity index (χ2v) is 4.47. The van der Waals surface area contributed by atoms with Crippen molar-refractivity contribution < 1.29 is 9.53 Å². The molecule has 0 aromatic rings. The fraction of sp³-hybridized carbons (Fsp3) is 0.786. The molecule has 0 aliphatic carbocycles. The lowest BCUT2D eigenvalue weighted by Crippen LogP contribution is -2.08. The normalized spacial score (nSPS) is 12.2. The van der Waals surface area contributed by atoms with Gasteiger partial charge in [-0.2, -0.15) is 0 Å². The molecule has 0 aliphatic heterocycles. The largest absolute Gasteiger partial charge is 0.462 e. The maximum absolute atomic E-state index is 11.1. The number of carbonyl (C=O) groups is 1. The van der Waals surface area contributed by atoms with Crippen LogP contribution in [-0.4, -0.2) is 12.6 Å². The van der Waals surface area contributed by atoms with Gasteiger partial charge in [0.2, 0.25) is 0 Å². The molecule has 0 aromatic heterocycles. The molecule has 0 aliphatic rings. The van der Waals surface area contributed by atoms with E-state index in [-0.39, 0.29) is 5.97 Å². The zero-order chi connectivity index (χ0) is 12.4. The summed E-state index contributed by atoms with van der Waals surface area (Å²) in [4.78, 5) is 11.1. The first kappa shape index (κ1) is 15.2. The maximum Gasteiger partial charge on any atom is 0.333 e. The second-order valence-electron chi connectivity index (χ2n) is 4.47. The average molecular weight is 226 g/mol. The number of hydrogen-bond donors (Lipinski definition) is 0. The highest BCUT2D eigenvalue weighted by Gasteiger charge is 2.07. The maximum atomic E-state index is 11.1. The Kier molecular flexibility index (Phi) is 8.97. The summed E-state index contributed by atoms with van der Waals surface area (Å²) in [5.41, 5.74) is 0.484. The first-order chi connectivity index (χ1) is 7.61. The molecular weight excluding hydrogens is 200 g/mol. The van der Waals surface area contributed by atoms with Gasteiger partial charge in [-0.3, -0.25) is 0 Å². The third-order valence-corrected chi connectivity index (χ3v) is 2.88. The molecule has 0 radical (unpaired) electrons. The van der Waals surface area contributed by atoms with Crippen molar-refractivity contribution in [3.05, 3.63) is 12.2 Å². The summed E-state index contributed by atoms with van der Waals surface area (Å²) in [5, 5.41) is 0. The smallest absolute Gasteiger partial charge is 0.333 e. The molecule has 94 valence electrons. The Bertz CT molecular complexity index is 209. The van der Waals surface area contributed by atoms with E-state index >= 15 is 0 Å². The minimum atomic E-state index is -0.262. The van der Waals surface area contributed by atoms with E-state index in [1.807, 2.05) is 0 Å². The van der Waals surface area contributed by atoms with E-state index in [0.717, 1.165) is 12.3 Å². The van der Waals surface area contributed by atoms with Crippen LogP contribution in [0.3, 0.4) is 0 Å². The highest BCUT2D eigenvalue weighted by molar-refractivity contribution is 5.86. The molecular formula is C14H26O2. The molecule has 16 heavy (non-hydrogen) atoms. The van der Waals surface area contributed by atoms with Crippen molar-refractivity contribution in [2.45, 2.75) is 59.3 Å². The molecule has 0 rings (SSSR count). The first-order valence-corrected chi connectivity index (χ1v) is 6.44. The number of ether oxygens (including phenoxy) is 1. The third kappa shape index (κ3) is 7.49. The van der Waals surface area contributed by atoms with Gasteiger partial charge in [-0.25, -0.2) is 4.79 Å². The van der Waals surface area contributed by atoms with Gasteiger partial charge in [-0.1, -0.05) is 46.1 Å². The first-order valence-electron chi connectivity index (χ1n) is 6.44. The molecule has 0 spiro atoms. The topological polar surface area (TPSA) is 26.3 Å². The lowest BCUT2D eigenvalue weighted by Gasteiger charge is -2.13. The summed E-state index contributed by atoms with van der Waals surface area (Å²) in [6.07, 6.45) is 7.25. The Hall–Kier alpha value is -0.790. The number of unbranched alkanes of at least 4 members (excludes halogenated alkanes) is 1. The summed E-state index contributed by atoms with van der Waals surface area (Å²) in [6, 6.07) is 0. The van der Waals surface area contributed by atoms with Gasteiger partial charge < -0.3 is 4.74 Å². The van der Waals surface area contributed by atoms with Crippen LogP contribution in [0.25, 0.3) is 0 Å². The van der Waals surface area contributed by atoms with E-state index in [0.29, 0.717) is 12.2 Å². The number of rotatable bonds is 9. The molecule has 1 unspecified atom stereocenters. The van der Waals surface area contributed by atoms with E-state index in [4.69, 9.17) is 4.74 Å². The van der Waals surface area contributed by atoms with E-state index < -0.39 is 0 Å². The fourth-order valence-corrected chi connectivity index (χ4v) is 1.71. The van der Waals surface area contributed by atoms with Crippen molar-refractivity contribution in [1.82, 2.24) is 0 Å². The van der Waals surface area contributed by atoms with Crippen LogP contribution < -0.4 is 0 Å². The Morgan fingerprint density at radius 2 is 1.88 bits per heavy atom. The molecule has 0 aromatic carbocycles. The standard InChI is InChI=1S/C14H26O2/c1-5-7-9-13(6-2)10-8-11-16-14(15)12(3)4/h13H,3,5-11H2,1-2,4H3. The minimum absolute atomic E-state index is 0.262. The predicted molar refractivity (Wildman–Crippen MR) is 68.3 cm³/mol. The van der Waals surface area contributed by atoms with Crippen LogP contribution in [0.15, 0.2) is 12.2 Å². The number of carbonyl (C=O) groups excluding carboxylic acids is 1. The zero-order valence-electron chi connectivity index (χ0n) is 11.1. The predicted octanol–water partition coefficient (Wildman–Crippen LogP) is 4.10. The molecule has 2 nitrogen and oxygen atoms in total. The van der Waals surface area contributed by atoms with Crippen LogP contribution >= 0.6 is 0 Å². The number of esters is 1. The fourth-order valence-electron chi connectivity index (χ4n) is 1.71. The van der Waals surface area contributed by atoms with Crippen molar-refractivity contribution in [1.29, 1.82) is 0 Å². The molecule has 0 N–H and O–H groups in total. The second kappa shape index (κ2) is 9.44. The van der Waals surface area contributed by atoms with Crippen molar-refractivity contribution in [3.8, 4) is 0 Å². The molecule has 0 fully saturated rings. The Morgan fingerprint density at radius 1 is 1.25 bits per heavy atom. The SMILES string of the molecule is C=C(C)C(=O)OCCCC(CC)CCCC. The van der Waals surface area contributed by atoms with Crippen LogP contribution in [0.5, 0.6) is 0 Å². The van der Waals surface area contributed by atoms with Crippen molar-refractivity contribution in [2.24, 2.45) is 5.92 Å². The van der Waals surface area contributed by atoms with Crippen molar-refractivity contribution in [2.75, 3.05) is 6.61 Å². The van der Waals surface area contributed by atoms with Gasteiger partial charge >= 0.3 is 5.97 Å². The van der Waals surface area contributed by atoms with Gasteiger partial charge in [0.15, 0.2) is 0 Å². The van der Waals surface area contributed by atoms with Gasteiger partial charge in [0.1, 0.15) is 0 Å². The molecule has 0 bridgehead atoms. The molecule has 0 saturated heterocycles. The molecule has 0 heterocycles. The van der Waals surface area contributed by atoms with Crippen molar-refractivity contribution >= 4 is 5.97 Å². The van der Waals surface area contributed by atoms with Crippen molar-refractivity contribution in [3.63, 3.8) is 0 Å². The van der Waals surface area contributed by atoms with Crippen LogP contribution in [0.1, 0.15) is 59.3 Å².